The molecule has 1 unspecified atom stereocenters. The third-order valence-corrected chi connectivity index (χ3v) is 4.50. The van der Waals surface area contributed by atoms with E-state index in [9.17, 15) is 0 Å². The maximum absolute atomic E-state index is 5.87. The third kappa shape index (κ3) is 3.22. The Morgan fingerprint density at radius 1 is 1.04 bits per heavy atom. The normalized spacial score (nSPS) is 21.4. The van der Waals surface area contributed by atoms with Crippen LogP contribution >= 0.6 is 0 Å². The second kappa shape index (κ2) is 7.09. The monoisotopic (exact) mass is 308 g/mol. The molecule has 0 bridgehead atoms. The van der Waals surface area contributed by atoms with E-state index < -0.39 is 0 Å². The zero-order chi connectivity index (χ0) is 16.1. The van der Waals surface area contributed by atoms with Crippen LogP contribution in [0.3, 0.4) is 0 Å². The predicted octanol–water partition coefficient (Wildman–Crippen LogP) is 2.89. The van der Waals surface area contributed by atoms with E-state index in [1.807, 2.05) is 0 Å². The Labute approximate surface area is 138 Å². The van der Waals surface area contributed by atoms with Gasteiger partial charge in [-0.05, 0) is 23.7 Å². The van der Waals surface area contributed by atoms with Crippen LogP contribution in [0.25, 0.3) is 5.57 Å². The van der Waals surface area contributed by atoms with E-state index in [1.165, 1.54) is 16.7 Å². The summed E-state index contributed by atoms with van der Waals surface area (Å²) in [7, 11) is 2.16. The Balaban J connectivity index is 1.99. The van der Waals surface area contributed by atoms with Crippen molar-refractivity contribution in [3.63, 3.8) is 0 Å². The van der Waals surface area contributed by atoms with Gasteiger partial charge in [0.15, 0.2) is 0 Å². The molecule has 0 aliphatic carbocycles. The Kier molecular flexibility index (Phi) is 4.91. The molecular formula is C20H24N2O. The van der Waals surface area contributed by atoms with Crippen LogP contribution in [0, 0.1) is 0 Å². The van der Waals surface area contributed by atoms with E-state index in [0.717, 1.165) is 6.54 Å². The molecule has 1 heterocycles. The molecule has 3 nitrogen and oxygen atoms in total. The lowest BCUT2D eigenvalue weighted by molar-refractivity contribution is 0.0451. The van der Waals surface area contributed by atoms with Crippen molar-refractivity contribution in [2.24, 2.45) is 5.73 Å². The van der Waals surface area contributed by atoms with Crippen molar-refractivity contribution in [2.75, 3.05) is 33.4 Å². The number of nitrogens with two attached hydrogens (primary N) is 1. The molecule has 2 aromatic rings. The number of ether oxygens (including phenoxy) is 1. The summed E-state index contributed by atoms with van der Waals surface area (Å²) in [6.07, 6.45) is 2.36. The van der Waals surface area contributed by atoms with Gasteiger partial charge >= 0.3 is 0 Å². The van der Waals surface area contributed by atoms with Crippen LogP contribution in [0.15, 0.2) is 66.7 Å². The van der Waals surface area contributed by atoms with Crippen LogP contribution in [0.5, 0.6) is 0 Å². The van der Waals surface area contributed by atoms with E-state index in [4.69, 9.17) is 10.5 Å². The van der Waals surface area contributed by atoms with Gasteiger partial charge in [0, 0.05) is 13.1 Å². The number of nitrogens with zero attached hydrogens (tertiary/aromatic N) is 1. The minimum absolute atomic E-state index is 0.235. The molecule has 2 N–H and O–H groups in total. The van der Waals surface area contributed by atoms with Crippen LogP contribution in [-0.4, -0.2) is 38.3 Å². The van der Waals surface area contributed by atoms with Crippen molar-refractivity contribution in [2.45, 2.75) is 5.54 Å². The van der Waals surface area contributed by atoms with Crippen LogP contribution in [0.1, 0.15) is 11.1 Å². The van der Waals surface area contributed by atoms with E-state index in [2.05, 4.69) is 78.7 Å². The Morgan fingerprint density at radius 3 is 2.35 bits per heavy atom. The molecule has 0 aromatic heterocycles. The Bertz CT molecular complexity index is 654. The minimum Gasteiger partial charge on any atom is -0.378 e. The number of likely N-dealkylation sites (N-methyl/N-ethyl adjacent to an activating group) is 1. The van der Waals surface area contributed by atoms with E-state index in [0.29, 0.717) is 19.8 Å². The van der Waals surface area contributed by atoms with Crippen LogP contribution < -0.4 is 5.73 Å². The first-order valence-electron chi connectivity index (χ1n) is 8.08. The predicted molar refractivity (Wildman–Crippen MR) is 95.0 cm³/mol. The van der Waals surface area contributed by atoms with Crippen molar-refractivity contribution < 1.29 is 4.74 Å². The first kappa shape index (κ1) is 15.9. The number of benzene rings is 2. The van der Waals surface area contributed by atoms with E-state index in [-0.39, 0.29) is 5.54 Å². The fourth-order valence-corrected chi connectivity index (χ4v) is 3.24. The standard InChI is InChI=1S/C20H24N2O/c1-22-15-18(17-8-4-2-5-9-17)14-20(22,16-23-13-12-21)19-10-6-3-7-11-19/h2-11,14H,12-13,15-16,21H2,1H3. The van der Waals surface area contributed by atoms with Gasteiger partial charge in [-0.2, -0.15) is 0 Å². The van der Waals surface area contributed by atoms with Crippen LogP contribution in [0.2, 0.25) is 0 Å². The van der Waals surface area contributed by atoms with Gasteiger partial charge in [-0.1, -0.05) is 66.7 Å². The van der Waals surface area contributed by atoms with Crippen molar-refractivity contribution in [1.29, 1.82) is 0 Å². The number of hydrogen-bond donors (Lipinski definition) is 1. The summed E-state index contributed by atoms with van der Waals surface area (Å²) in [6.45, 7) is 2.65. The van der Waals surface area contributed by atoms with Crippen molar-refractivity contribution in [3.8, 4) is 0 Å². The Hall–Kier alpha value is -1.94. The molecule has 3 heteroatoms. The molecule has 0 spiro atoms. The lowest BCUT2D eigenvalue weighted by atomic mass is 9.89. The smallest absolute Gasteiger partial charge is 0.0889 e. The Morgan fingerprint density at radius 2 is 1.70 bits per heavy atom. The summed E-state index contributed by atoms with van der Waals surface area (Å²) in [6, 6.07) is 21.1. The van der Waals surface area contributed by atoms with Gasteiger partial charge in [0.25, 0.3) is 0 Å². The fraction of sp³-hybridized carbons (Fsp3) is 0.300. The average Bonchev–Trinajstić information content (AvgIpc) is 2.95. The highest BCUT2D eigenvalue weighted by molar-refractivity contribution is 5.71. The summed E-state index contributed by atoms with van der Waals surface area (Å²) in [5, 5.41) is 0. The highest BCUT2D eigenvalue weighted by Crippen LogP contribution is 2.39. The molecule has 1 atom stereocenters. The summed E-state index contributed by atoms with van der Waals surface area (Å²) in [4.78, 5) is 2.36. The molecule has 1 aliphatic heterocycles. The van der Waals surface area contributed by atoms with Gasteiger partial charge < -0.3 is 10.5 Å². The maximum atomic E-state index is 5.87. The molecule has 1 aliphatic rings. The largest absolute Gasteiger partial charge is 0.378 e. The molecule has 0 saturated carbocycles. The lowest BCUT2D eigenvalue weighted by Crippen LogP contribution is -2.43. The second-order valence-electron chi connectivity index (χ2n) is 6.02. The molecule has 3 rings (SSSR count). The zero-order valence-electron chi connectivity index (χ0n) is 13.6. The molecular weight excluding hydrogens is 284 g/mol. The van der Waals surface area contributed by atoms with Crippen molar-refractivity contribution in [3.05, 3.63) is 77.9 Å². The summed E-state index contributed by atoms with van der Waals surface area (Å²) >= 11 is 0. The van der Waals surface area contributed by atoms with Gasteiger partial charge in [-0.15, -0.1) is 0 Å². The van der Waals surface area contributed by atoms with Gasteiger partial charge in [-0.25, -0.2) is 0 Å². The SMILES string of the molecule is CN1CC(c2ccccc2)=CC1(COCCN)c1ccccc1. The molecule has 2 aromatic carbocycles. The summed E-state index contributed by atoms with van der Waals surface area (Å²) < 4.78 is 5.87. The third-order valence-electron chi connectivity index (χ3n) is 4.50. The van der Waals surface area contributed by atoms with Gasteiger partial charge in [0.2, 0.25) is 0 Å². The molecule has 0 fully saturated rings. The summed E-state index contributed by atoms with van der Waals surface area (Å²) in [5.41, 5.74) is 9.23. The van der Waals surface area contributed by atoms with Gasteiger partial charge in [-0.3, -0.25) is 4.90 Å². The lowest BCUT2D eigenvalue weighted by Gasteiger charge is -2.35. The molecule has 0 saturated heterocycles. The first-order valence-corrected chi connectivity index (χ1v) is 8.08. The highest BCUT2D eigenvalue weighted by atomic mass is 16.5. The molecule has 0 radical (unpaired) electrons. The molecule has 120 valence electrons. The first-order chi connectivity index (χ1) is 11.3. The fourth-order valence-electron chi connectivity index (χ4n) is 3.24. The van der Waals surface area contributed by atoms with Crippen LogP contribution in [-0.2, 0) is 10.3 Å². The highest BCUT2D eigenvalue weighted by Gasteiger charge is 2.40. The minimum atomic E-state index is -0.235. The van der Waals surface area contributed by atoms with E-state index in [1.54, 1.807) is 0 Å². The maximum Gasteiger partial charge on any atom is 0.0889 e. The molecule has 23 heavy (non-hydrogen) atoms. The van der Waals surface area contributed by atoms with E-state index >= 15 is 0 Å². The molecule has 0 amide bonds. The number of hydrogen-bond acceptors (Lipinski definition) is 3. The quantitative estimate of drug-likeness (QED) is 0.834. The topological polar surface area (TPSA) is 38.5 Å². The van der Waals surface area contributed by atoms with Gasteiger partial charge in [0.05, 0.1) is 18.8 Å². The average molecular weight is 308 g/mol. The van der Waals surface area contributed by atoms with Crippen LogP contribution in [0.4, 0.5) is 0 Å². The van der Waals surface area contributed by atoms with Crippen molar-refractivity contribution in [1.82, 2.24) is 4.90 Å². The van der Waals surface area contributed by atoms with Gasteiger partial charge in [0.1, 0.15) is 0 Å². The second-order valence-corrected chi connectivity index (χ2v) is 6.02. The number of rotatable bonds is 6. The zero-order valence-corrected chi connectivity index (χ0v) is 13.6. The summed E-state index contributed by atoms with van der Waals surface area (Å²) in [5.74, 6) is 0. The van der Waals surface area contributed by atoms with Crippen molar-refractivity contribution >= 4 is 5.57 Å².